The molecule has 7 nitrogen and oxygen atoms in total. The van der Waals surface area contributed by atoms with Crippen LogP contribution in [0, 0.1) is 0 Å². The number of carbonyl (C=O) groups is 2. The quantitative estimate of drug-likeness (QED) is 0.377. The molecule has 0 fully saturated rings. The van der Waals surface area contributed by atoms with Gasteiger partial charge in [-0.3, -0.25) is 4.79 Å². The number of alkyl halides is 3. The summed E-state index contributed by atoms with van der Waals surface area (Å²) in [4.78, 5) is 29.3. The van der Waals surface area contributed by atoms with Crippen molar-refractivity contribution in [2.75, 3.05) is 12.8 Å². The highest BCUT2D eigenvalue weighted by molar-refractivity contribution is 7.09. The number of halogens is 3. The Hall–Kier alpha value is -3.60. The first kappa shape index (κ1) is 26.0. The number of benzene rings is 2. The fourth-order valence-corrected chi connectivity index (χ4v) is 4.26. The first-order valence-corrected chi connectivity index (χ1v) is 11.5. The van der Waals surface area contributed by atoms with Crippen LogP contribution in [0.1, 0.15) is 27.9 Å². The number of ether oxygens (including phenoxy) is 1. The van der Waals surface area contributed by atoms with Crippen LogP contribution in [-0.2, 0) is 28.8 Å². The molecule has 0 aliphatic carbocycles. The van der Waals surface area contributed by atoms with E-state index in [1.807, 2.05) is 30.3 Å². The number of thiazole rings is 1. The molecule has 0 aliphatic heterocycles. The molecule has 3 rings (SSSR count). The average Bonchev–Trinajstić information content (AvgIpc) is 3.26. The van der Waals surface area contributed by atoms with Crippen molar-refractivity contribution >= 4 is 29.0 Å². The van der Waals surface area contributed by atoms with Crippen LogP contribution in [0.15, 0.2) is 60.0 Å². The number of hydrogen-bond acceptors (Lipinski definition) is 6. The number of nitrogens with one attached hydrogen (secondary N) is 2. The van der Waals surface area contributed by atoms with Crippen molar-refractivity contribution in [2.45, 2.75) is 37.5 Å². The lowest BCUT2D eigenvalue weighted by Gasteiger charge is -2.22. The molecule has 1 aromatic heterocycles. The van der Waals surface area contributed by atoms with Gasteiger partial charge in [0.15, 0.2) is 0 Å². The van der Waals surface area contributed by atoms with Crippen LogP contribution in [0.2, 0.25) is 0 Å². The number of hydrogen-bond donors (Lipinski definition) is 3. The molecule has 1 heterocycles. The highest BCUT2D eigenvalue weighted by atomic mass is 32.1. The first-order chi connectivity index (χ1) is 16.6. The summed E-state index contributed by atoms with van der Waals surface area (Å²) in [5.41, 5.74) is 7.79. The highest BCUT2D eigenvalue weighted by Gasteiger charge is 2.31. The van der Waals surface area contributed by atoms with Gasteiger partial charge in [-0.2, -0.15) is 13.2 Å². The number of rotatable bonds is 9. The molecule has 0 aliphatic rings. The Morgan fingerprint density at radius 1 is 1.03 bits per heavy atom. The molecule has 0 saturated carbocycles. The maximum Gasteiger partial charge on any atom is 0.407 e. The molecule has 11 heteroatoms. The Morgan fingerprint density at radius 3 is 2.31 bits per heavy atom. The van der Waals surface area contributed by atoms with E-state index < -0.39 is 36.7 Å². The zero-order valence-electron chi connectivity index (χ0n) is 18.8. The molecule has 0 radical (unpaired) electrons. The van der Waals surface area contributed by atoms with Crippen molar-refractivity contribution in [3.63, 3.8) is 0 Å². The van der Waals surface area contributed by atoms with Crippen LogP contribution < -0.4 is 16.4 Å². The average molecular weight is 507 g/mol. The smallest absolute Gasteiger partial charge is 0.407 e. The second-order valence-corrected chi connectivity index (χ2v) is 8.74. The van der Waals surface area contributed by atoms with E-state index in [1.165, 1.54) is 12.5 Å². The molecule has 186 valence electrons. The third-order valence-electron chi connectivity index (χ3n) is 5.06. The van der Waals surface area contributed by atoms with Gasteiger partial charge in [0.2, 0.25) is 5.91 Å². The van der Waals surface area contributed by atoms with Gasteiger partial charge in [0.05, 0.1) is 25.3 Å². The number of aromatic nitrogens is 1. The van der Waals surface area contributed by atoms with Gasteiger partial charge in [0, 0.05) is 17.5 Å². The van der Waals surface area contributed by atoms with E-state index in [-0.39, 0.29) is 18.5 Å². The number of amides is 2. The third kappa shape index (κ3) is 8.29. The SMILES string of the molecule is COC(=O)NC(Cc1ccccc1)C(=O)NC(Cc1ccc(N)cc1)c1nc(CC(F)(F)F)cs1. The van der Waals surface area contributed by atoms with Crippen LogP contribution in [0.4, 0.5) is 23.7 Å². The molecule has 2 atom stereocenters. The topological polar surface area (TPSA) is 106 Å². The summed E-state index contributed by atoms with van der Waals surface area (Å²) in [7, 11) is 1.19. The molecule has 0 spiro atoms. The van der Waals surface area contributed by atoms with Gasteiger partial charge >= 0.3 is 12.3 Å². The van der Waals surface area contributed by atoms with Gasteiger partial charge in [-0.05, 0) is 29.7 Å². The van der Waals surface area contributed by atoms with E-state index in [0.29, 0.717) is 10.7 Å². The van der Waals surface area contributed by atoms with Crippen LogP contribution in [0.3, 0.4) is 0 Å². The number of anilines is 1. The fourth-order valence-electron chi connectivity index (χ4n) is 3.39. The predicted molar refractivity (Wildman–Crippen MR) is 127 cm³/mol. The molecule has 3 aromatic rings. The summed E-state index contributed by atoms with van der Waals surface area (Å²) in [5, 5.41) is 7.03. The summed E-state index contributed by atoms with van der Waals surface area (Å²) >= 11 is 1.03. The number of nitrogen functional groups attached to an aromatic ring is 1. The Bertz CT molecular complexity index is 1120. The molecule has 35 heavy (non-hydrogen) atoms. The summed E-state index contributed by atoms with van der Waals surface area (Å²) in [5.74, 6) is -0.521. The summed E-state index contributed by atoms with van der Waals surface area (Å²) in [6, 6.07) is 14.3. The molecular weight excluding hydrogens is 481 g/mol. The van der Waals surface area contributed by atoms with Crippen molar-refractivity contribution in [2.24, 2.45) is 0 Å². The van der Waals surface area contributed by atoms with E-state index >= 15 is 0 Å². The van der Waals surface area contributed by atoms with Crippen LogP contribution >= 0.6 is 11.3 Å². The minimum Gasteiger partial charge on any atom is -0.453 e. The monoisotopic (exact) mass is 506 g/mol. The fraction of sp³-hybridized carbons (Fsp3) is 0.292. The molecule has 2 aromatic carbocycles. The largest absolute Gasteiger partial charge is 0.453 e. The predicted octanol–water partition coefficient (Wildman–Crippen LogP) is 4.20. The lowest BCUT2D eigenvalue weighted by molar-refractivity contribution is -0.128. The number of methoxy groups -OCH3 is 1. The highest BCUT2D eigenvalue weighted by Crippen LogP contribution is 2.27. The summed E-state index contributed by atoms with van der Waals surface area (Å²) < 4.78 is 43.2. The molecule has 2 unspecified atom stereocenters. The Kier molecular flexibility index (Phi) is 8.69. The van der Waals surface area contributed by atoms with E-state index in [1.54, 1.807) is 24.3 Å². The second-order valence-electron chi connectivity index (χ2n) is 7.85. The van der Waals surface area contributed by atoms with Gasteiger partial charge in [-0.15, -0.1) is 11.3 Å². The molecule has 0 saturated heterocycles. The van der Waals surface area contributed by atoms with Crippen molar-refractivity contribution in [3.8, 4) is 0 Å². The zero-order valence-corrected chi connectivity index (χ0v) is 19.7. The molecular formula is C24H25F3N4O3S. The number of carbonyl (C=O) groups excluding carboxylic acids is 2. The van der Waals surface area contributed by atoms with Gasteiger partial charge in [-0.25, -0.2) is 9.78 Å². The zero-order chi connectivity index (χ0) is 25.4. The molecule has 4 N–H and O–H groups in total. The number of nitrogens with zero attached hydrogens (tertiary/aromatic N) is 1. The van der Waals surface area contributed by atoms with Gasteiger partial charge in [0.25, 0.3) is 0 Å². The Balaban J connectivity index is 1.85. The van der Waals surface area contributed by atoms with E-state index in [4.69, 9.17) is 5.73 Å². The maximum absolute atomic E-state index is 13.3. The van der Waals surface area contributed by atoms with Gasteiger partial charge < -0.3 is 21.1 Å². The van der Waals surface area contributed by atoms with Crippen molar-refractivity contribution in [3.05, 3.63) is 81.8 Å². The lowest BCUT2D eigenvalue weighted by Crippen LogP contribution is -2.49. The minimum atomic E-state index is -4.40. The van der Waals surface area contributed by atoms with E-state index in [9.17, 15) is 22.8 Å². The minimum absolute atomic E-state index is 0.123. The Morgan fingerprint density at radius 2 is 1.69 bits per heavy atom. The molecule has 2 amide bonds. The van der Waals surface area contributed by atoms with Crippen molar-refractivity contribution < 1.29 is 27.5 Å². The van der Waals surface area contributed by atoms with Gasteiger partial charge in [-0.1, -0.05) is 42.5 Å². The van der Waals surface area contributed by atoms with Crippen LogP contribution in [-0.4, -0.2) is 36.3 Å². The standard InChI is InChI=1S/C24H25F3N4O3S/c1-34-23(33)31-19(11-15-5-3-2-4-6-15)21(32)30-20(12-16-7-9-17(28)10-8-16)22-29-18(14-35-22)13-24(25,26)27/h2-10,14,19-20H,11-13,28H2,1H3,(H,30,32)(H,31,33). The van der Waals surface area contributed by atoms with E-state index in [2.05, 4.69) is 20.4 Å². The number of alkyl carbamates (subject to hydrolysis) is 1. The van der Waals surface area contributed by atoms with E-state index in [0.717, 1.165) is 22.5 Å². The second kappa shape index (κ2) is 11.7. The maximum atomic E-state index is 13.3. The van der Waals surface area contributed by atoms with Crippen molar-refractivity contribution in [1.29, 1.82) is 0 Å². The number of nitrogens with two attached hydrogens (primary N) is 1. The molecule has 0 bridgehead atoms. The van der Waals surface area contributed by atoms with Crippen LogP contribution in [0.5, 0.6) is 0 Å². The Labute approximate surface area is 204 Å². The third-order valence-corrected chi connectivity index (χ3v) is 6.07. The normalized spacial score (nSPS) is 13.0. The van der Waals surface area contributed by atoms with Crippen molar-refractivity contribution in [1.82, 2.24) is 15.6 Å². The first-order valence-electron chi connectivity index (χ1n) is 10.7. The van der Waals surface area contributed by atoms with Crippen LogP contribution in [0.25, 0.3) is 0 Å². The summed E-state index contributed by atoms with van der Waals surface area (Å²) in [6.45, 7) is 0. The summed E-state index contributed by atoms with van der Waals surface area (Å²) in [6.07, 6.45) is -5.88. The van der Waals surface area contributed by atoms with Gasteiger partial charge in [0.1, 0.15) is 11.0 Å². The lowest BCUT2D eigenvalue weighted by atomic mass is 10.0.